The number of hydrogen-bond donors (Lipinski definition) is 0. The molecule has 0 aliphatic carbocycles. The molecule has 0 radical (unpaired) electrons. The van der Waals surface area contributed by atoms with Gasteiger partial charge in [-0.2, -0.15) is 5.10 Å². The summed E-state index contributed by atoms with van der Waals surface area (Å²) in [6, 6.07) is 14.3. The lowest BCUT2D eigenvalue weighted by Gasteiger charge is -2.43. The number of ether oxygens (including phenoxy) is 1. The molecular formula is C24H24N6O. The lowest BCUT2D eigenvalue weighted by atomic mass is 9.84. The summed E-state index contributed by atoms with van der Waals surface area (Å²) in [5.41, 5.74) is 3.92. The van der Waals surface area contributed by atoms with Crippen molar-refractivity contribution in [3.8, 4) is 5.69 Å². The van der Waals surface area contributed by atoms with Crippen LogP contribution in [0.4, 0.5) is 5.82 Å². The lowest BCUT2D eigenvalue weighted by Crippen LogP contribution is -2.47. The predicted molar refractivity (Wildman–Crippen MR) is 118 cm³/mol. The van der Waals surface area contributed by atoms with E-state index in [-0.39, 0.29) is 5.60 Å². The third-order valence-electron chi connectivity index (χ3n) is 6.43. The number of piperidine rings is 1. The molecular weight excluding hydrogens is 388 g/mol. The second-order valence-electron chi connectivity index (χ2n) is 8.33. The van der Waals surface area contributed by atoms with Crippen LogP contribution in [0.5, 0.6) is 0 Å². The zero-order valence-corrected chi connectivity index (χ0v) is 17.5. The van der Waals surface area contributed by atoms with Gasteiger partial charge < -0.3 is 9.64 Å². The zero-order valence-electron chi connectivity index (χ0n) is 17.5. The molecule has 5 heterocycles. The van der Waals surface area contributed by atoms with Gasteiger partial charge in [-0.05, 0) is 56.0 Å². The van der Waals surface area contributed by atoms with Crippen molar-refractivity contribution in [3.63, 3.8) is 0 Å². The SMILES string of the molecule is Cc1nc(N2CCC3(CC2)OCCc2cn(-c4ccccc4)nc23)c2cccnc2n1. The van der Waals surface area contributed by atoms with E-state index in [0.29, 0.717) is 0 Å². The highest BCUT2D eigenvalue weighted by molar-refractivity contribution is 5.86. The van der Waals surface area contributed by atoms with Crippen LogP contribution in [-0.2, 0) is 16.8 Å². The summed E-state index contributed by atoms with van der Waals surface area (Å²) >= 11 is 0. The summed E-state index contributed by atoms with van der Waals surface area (Å²) in [6.07, 6.45) is 6.64. The third kappa shape index (κ3) is 3.08. The molecule has 2 aliphatic rings. The molecule has 0 atom stereocenters. The highest BCUT2D eigenvalue weighted by Crippen LogP contribution is 2.42. The number of hydrogen-bond acceptors (Lipinski definition) is 6. The monoisotopic (exact) mass is 412 g/mol. The van der Waals surface area contributed by atoms with Crippen molar-refractivity contribution in [2.45, 2.75) is 31.8 Å². The fourth-order valence-electron chi connectivity index (χ4n) is 4.87. The van der Waals surface area contributed by atoms with E-state index in [4.69, 9.17) is 14.8 Å². The number of aryl methyl sites for hydroxylation is 1. The molecule has 0 N–H and O–H groups in total. The molecule has 0 bridgehead atoms. The average Bonchev–Trinajstić information content (AvgIpc) is 3.26. The first-order chi connectivity index (χ1) is 15.2. The van der Waals surface area contributed by atoms with Gasteiger partial charge in [0.25, 0.3) is 0 Å². The number of fused-ring (bicyclic) bond motifs is 3. The molecule has 6 rings (SSSR count). The Balaban J connectivity index is 1.31. The van der Waals surface area contributed by atoms with Gasteiger partial charge in [0, 0.05) is 25.5 Å². The van der Waals surface area contributed by atoms with E-state index in [1.165, 1.54) is 5.56 Å². The first kappa shape index (κ1) is 18.4. The fraction of sp³-hybridized carbons (Fsp3) is 0.333. The van der Waals surface area contributed by atoms with Gasteiger partial charge in [-0.1, -0.05) is 18.2 Å². The van der Waals surface area contributed by atoms with Crippen LogP contribution < -0.4 is 4.90 Å². The lowest BCUT2D eigenvalue weighted by molar-refractivity contribution is -0.0797. The van der Waals surface area contributed by atoms with Crippen molar-refractivity contribution in [1.82, 2.24) is 24.7 Å². The molecule has 7 heteroatoms. The molecule has 0 amide bonds. The average molecular weight is 412 g/mol. The maximum Gasteiger partial charge on any atom is 0.164 e. The van der Waals surface area contributed by atoms with Crippen LogP contribution in [0.3, 0.4) is 0 Å². The minimum atomic E-state index is -0.319. The Hall–Kier alpha value is -3.32. The van der Waals surface area contributed by atoms with Gasteiger partial charge in [-0.3, -0.25) is 0 Å². The largest absolute Gasteiger partial charge is 0.368 e. The smallest absolute Gasteiger partial charge is 0.164 e. The van der Waals surface area contributed by atoms with E-state index in [1.54, 1.807) is 6.20 Å². The Kier molecular flexibility index (Phi) is 4.24. The van der Waals surface area contributed by atoms with Gasteiger partial charge in [-0.25, -0.2) is 19.6 Å². The van der Waals surface area contributed by atoms with Crippen molar-refractivity contribution in [2.75, 3.05) is 24.6 Å². The molecule has 4 aromatic rings. The maximum absolute atomic E-state index is 6.43. The van der Waals surface area contributed by atoms with Gasteiger partial charge in [0.1, 0.15) is 17.2 Å². The Labute approximate surface area is 180 Å². The molecule has 0 saturated carbocycles. The third-order valence-corrected chi connectivity index (χ3v) is 6.43. The Morgan fingerprint density at radius 3 is 2.68 bits per heavy atom. The van der Waals surface area contributed by atoms with Crippen molar-refractivity contribution in [1.29, 1.82) is 0 Å². The summed E-state index contributed by atoms with van der Waals surface area (Å²) in [5.74, 6) is 1.72. The molecule has 1 saturated heterocycles. The van der Waals surface area contributed by atoms with E-state index in [0.717, 1.165) is 73.0 Å². The molecule has 7 nitrogen and oxygen atoms in total. The molecule has 0 unspecified atom stereocenters. The Morgan fingerprint density at radius 2 is 1.84 bits per heavy atom. The molecule has 2 aliphatic heterocycles. The van der Waals surface area contributed by atoms with E-state index in [2.05, 4.69) is 39.3 Å². The maximum atomic E-state index is 6.43. The van der Waals surface area contributed by atoms with Crippen LogP contribution in [0.1, 0.15) is 29.9 Å². The number of nitrogens with zero attached hydrogens (tertiary/aromatic N) is 6. The number of anilines is 1. The minimum absolute atomic E-state index is 0.319. The fourth-order valence-corrected chi connectivity index (χ4v) is 4.87. The molecule has 3 aromatic heterocycles. The second-order valence-corrected chi connectivity index (χ2v) is 8.33. The van der Waals surface area contributed by atoms with Crippen LogP contribution >= 0.6 is 0 Å². The summed E-state index contributed by atoms with van der Waals surface area (Å²) in [7, 11) is 0. The highest BCUT2D eigenvalue weighted by atomic mass is 16.5. The van der Waals surface area contributed by atoms with Crippen molar-refractivity contribution >= 4 is 16.9 Å². The van der Waals surface area contributed by atoms with E-state index in [9.17, 15) is 0 Å². The summed E-state index contributed by atoms with van der Waals surface area (Å²) in [5, 5.41) is 6.00. The van der Waals surface area contributed by atoms with Crippen molar-refractivity contribution in [3.05, 3.63) is 71.9 Å². The summed E-state index contributed by atoms with van der Waals surface area (Å²) in [6.45, 7) is 4.39. The van der Waals surface area contributed by atoms with E-state index >= 15 is 0 Å². The number of para-hydroxylation sites is 1. The summed E-state index contributed by atoms with van der Waals surface area (Å²) < 4.78 is 8.43. The number of aromatic nitrogens is 5. The van der Waals surface area contributed by atoms with Crippen LogP contribution in [0, 0.1) is 6.92 Å². The first-order valence-electron chi connectivity index (χ1n) is 10.8. The van der Waals surface area contributed by atoms with Crippen LogP contribution in [-0.4, -0.2) is 44.4 Å². The Morgan fingerprint density at radius 1 is 1.00 bits per heavy atom. The number of pyridine rings is 1. The van der Waals surface area contributed by atoms with Crippen LogP contribution in [0.15, 0.2) is 54.9 Å². The highest BCUT2D eigenvalue weighted by Gasteiger charge is 2.43. The van der Waals surface area contributed by atoms with Crippen molar-refractivity contribution in [2.24, 2.45) is 0 Å². The second kappa shape index (κ2) is 7.13. The summed E-state index contributed by atoms with van der Waals surface area (Å²) in [4.78, 5) is 16.0. The molecule has 1 aromatic carbocycles. The first-order valence-corrected chi connectivity index (χ1v) is 10.8. The topological polar surface area (TPSA) is 69.0 Å². The quantitative estimate of drug-likeness (QED) is 0.501. The van der Waals surface area contributed by atoms with Gasteiger partial charge >= 0.3 is 0 Å². The van der Waals surface area contributed by atoms with Crippen LogP contribution in [0.2, 0.25) is 0 Å². The van der Waals surface area contributed by atoms with E-state index in [1.807, 2.05) is 35.9 Å². The van der Waals surface area contributed by atoms with Gasteiger partial charge in [0.05, 0.1) is 23.4 Å². The number of rotatable bonds is 2. The van der Waals surface area contributed by atoms with Gasteiger partial charge in [0.2, 0.25) is 0 Å². The Bertz CT molecular complexity index is 1240. The zero-order chi connectivity index (χ0) is 20.8. The normalized spacial score (nSPS) is 17.8. The minimum Gasteiger partial charge on any atom is -0.368 e. The standard InChI is InChI=1S/C24H24N6O/c1-17-26-22-20(8-5-12-25-22)23(27-17)29-13-10-24(11-14-29)21-18(9-15-31-24)16-30(28-21)19-6-3-2-4-7-19/h2-8,12,16H,9-11,13-15H2,1H3. The predicted octanol–water partition coefficient (Wildman–Crippen LogP) is 3.59. The number of benzene rings is 1. The van der Waals surface area contributed by atoms with Gasteiger partial charge in [-0.15, -0.1) is 0 Å². The van der Waals surface area contributed by atoms with E-state index < -0.39 is 0 Å². The molecule has 1 fully saturated rings. The van der Waals surface area contributed by atoms with Gasteiger partial charge in [0.15, 0.2) is 5.65 Å². The molecule has 31 heavy (non-hydrogen) atoms. The van der Waals surface area contributed by atoms with Crippen molar-refractivity contribution < 1.29 is 4.74 Å². The molecule has 156 valence electrons. The molecule has 1 spiro atoms. The van der Waals surface area contributed by atoms with Crippen LogP contribution in [0.25, 0.3) is 16.7 Å².